The highest BCUT2D eigenvalue weighted by Crippen LogP contribution is 2.25. The summed E-state index contributed by atoms with van der Waals surface area (Å²) in [7, 11) is -3.76. The molecule has 2 aromatic rings. The number of likely N-dealkylation sites (tertiary alicyclic amines) is 1. The monoisotopic (exact) mass is 390 g/mol. The zero-order chi connectivity index (χ0) is 19.8. The third kappa shape index (κ3) is 3.75. The van der Waals surface area contributed by atoms with Gasteiger partial charge in [0.05, 0.1) is 16.4 Å². The Morgan fingerprint density at radius 2 is 1.81 bits per heavy atom. The smallest absolute Gasteiger partial charge is 0.306 e. The number of benzene rings is 1. The Kier molecular flexibility index (Phi) is 5.10. The number of piperidine rings is 1. The summed E-state index contributed by atoms with van der Waals surface area (Å²) in [6, 6.07) is 7.98. The van der Waals surface area contributed by atoms with Gasteiger partial charge in [0.25, 0.3) is 15.9 Å². The van der Waals surface area contributed by atoms with Crippen molar-refractivity contribution >= 4 is 21.9 Å². The molecule has 0 saturated carbocycles. The summed E-state index contributed by atoms with van der Waals surface area (Å²) in [6.45, 7) is 4.37. The molecule has 8 heteroatoms. The molecule has 3 rings (SSSR count). The van der Waals surface area contributed by atoms with Crippen LogP contribution in [-0.2, 0) is 14.8 Å². The van der Waals surface area contributed by atoms with Crippen molar-refractivity contribution in [2.24, 2.45) is 11.8 Å². The van der Waals surface area contributed by atoms with Crippen molar-refractivity contribution in [1.29, 1.82) is 0 Å². The van der Waals surface area contributed by atoms with E-state index in [2.05, 4.69) is 0 Å². The third-order valence-electron chi connectivity index (χ3n) is 5.02. The van der Waals surface area contributed by atoms with Gasteiger partial charge in [-0.2, -0.15) is 0 Å². The molecule has 1 saturated heterocycles. The number of aromatic nitrogens is 1. The van der Waals surface area contributed by atoms with Crippen LogP contribution in [0.1, 0.15) is 29.3 Å². The minimum absolute atomic E-state index is 0.151. The zero-order valence-electron chi connectivity index (χ0n) is 15.2. The van der Waals surface area contributed by atoms with Gasteiger partial charge in [-0.05, 0) is 37.5 Å². The van der Waals surface area contributed by atoms with Crippen LogP contribution in [0.3, 0.4) is 0 Å². The lowest BCUT2D eigenvalue weighted by Gasteiger charge is -2.34. The van der Waals surface area contributed by atoms with Crippen molar-refractivity contribution in [1.82, 2.24) is 8.87 Å². The normalized spacial score (nSPS) is 20.4. The number of carboxylic acid groups (broad SMARTS) is 1. The summed E-state index contributed by atoms with van der Waals surface area (Å²) in [5.41, 5.74) is 1.22. The van der Waals surface area contributed by atoms with E-state index in [1.807, 2.05) is 13.8 Å². The molecule has 2 atom stereocenters. The summed E-state index contributed by atoms with van der Waals surface area (Å²) in [4.78, 5) is 25.7. The van der Waals surface area contributed by atoms with E-state index in [0.29, 0.717) is 19.5 Å². The van der Waals surface area contributed by atoms with Crippen molar-refractivity contribution in [2.45, 2.75) is 25.2 Å². The maximum atomic E-state index is 12.7. The van der Waals surface area contributed by atoms with E-state index >= 15 is 0 Å². The number of carboxylic acids is 1. The molecule has 0 spiro atoms. The second-order valence-electron chi connectivity index (χ2n) is 7.01. The van der Waals surface area contributed by atoms with Crippen LogP contribution < -0.4 is 0 Å². The summed E-state index contributed by atoms with van der Waals surface area (Å²) in [5, 5.41) is 9.20. The molecular weight excluding hydrogens is 368 g/mol. The van der Waals surface area contributed by atoms with Crippen LogP contribution in [0.5, 0.6) is 0 Å². The summed E-state index contributed by atoms with van der Waals surface area (Å²) in [6.07, 6.45) is 3.06. The Hall–Kier alpha value is -2.61. The largest absolute Gasteiger partial charge is 0.481 e. The Balaban J connectivity index is 1.78. The van der Waals surface area contributed by atoms with Crippen molar-refractivity contribution in [2.75, 3.05) is 13.1 Å². The van der Waals surface area contributed by atoms with Gasteiger partial charge in [-0.25, -0.2) is 12.4 Å². The average Bonchev–Trinajstić information content (AvgIpc) is 3.12. The van der Waals surface area contributed by atoms with E-state index in [-0.39, 0.29) is 22.3 Å². The summed E-state index contributed by atoms with van der Waals surface area (Å²) in [5.74, 6) is -1.74. The van der Waals surface area contributed by atoms with E-state index in [0.717, 1.165) is 9.54 Å². The molecule has 1 fully saturated rings. The lowest BCUT2D eigenvalue weighted by Crippen LogP contribution is -2.44. The first-order chi connectivity index (χ1) is 12.7. The van der Waals surface area contributed by atoms with Crippen LogP contribution in [-0.4, -0.2) is 47.4 Å². The van der Waals surface area contributed by atoms with Crippen molar-refractivity contribution in [3.63, 3.8) is 0 Å². The van der Waals surface area contributed by atoms with Crippen LogP contribution in [0.15, 0.2) is 47.6 Å². The molecule has 2 unspecified atom stereocenters. The molecule has 0 aliphatic carbocycles. The van der Waals surface area contributed by atoms with Gasteiger partial charge < -0.3 is 10.0 Å². The summed E-state index contributed by atoms with van der Waals surface area (Å²) < 4.78 is 26.4. The maximum Gasteiger partial charge on any atom is 0.306 e. The van der Waals surface area contributed by atoms with E-state index < -0.39 is 21.9 Å². The van der Waals surface area contributed by atoms with E-state index in [9.17, 15) is 23.1 Å². The maximum absolute atomic E-state index is 12.7. The second kappa shape index (κ2) is 7.19. The van der Waals surface area contributed by atoms with Crippen LogP contribution in [0.4, 0.5) is 0 Å². The fraction of sp³-hybridized carbons (Fsp3) is 0.368. The number of aryl methyl sites for hydroxylation is 1. The molecule has 2 heterocycles. The predicted octanol–water partition coefficient (Wildman–Crippen LogP) is 2.22. The first-order valence-electron chi connectivity index (χ1n) is 8.72. The van der Waals surface area contributed by atoms with Crippen molar-refractivity contribution in [3.05, 3.63) is 53.9 Å². The number of amides is 1. The van der Waals surface area contributed by atoms with E-state index in [1.54, 1.807) is 17.0 Å². The predicted molar refractivity (Wildman–Crippen MR) is 99.0 cm³/mol. The Bertz CT molecular complexity index is 962. The molecule has 27 heavy (non-hydrogen) atoms. The van der Waals surface area contributed by atoms with E-state index in [1.165, 1.54) is 30.6 Å². The van der Waals surface area contributed by atoms with Crippen LogP contribution in [0, 0.1) is 18.8 Å². The number of nitrogens with zero attached hydrogens (tertiary/aromatic N) is 2. The Labute approximate surface area is 158 Å². The molecule has 1 aromatic heterocycles. The molecule has 144 valence electrons. The second-order valence-corrected chi connectivity index (χ2v) is 8.85. The van der Waals surface area contributed by atoms with Gasteiger partial charge in [0, 0.05) is 25.5 Å². The van der Waals surface area contributed by atoms with Gasteiger partial charge in [-0.3, -0.25) is 9.59 Å². The molecule has 1 N–H and O–H groups in total. The quantitative estimate of drug-likeness (QED) is 0.863. The van der Waals surface area contributed by atoms with Crippen molar-refractivity contribution < 1.29 is 23.1 Å². The fourth-order valence-electron chi connectivity index (χ4n) is 3.36. The van der Waals surface area contributed by atoms with Crippen LogP contribution in [0.25, 0.3) is 0 Å². The standard InChI is InChI=1S/C19H22N2O5S/c1-13-3-5-16(6-4-13)27(25,26)21-10-7-15(12-21)18(22)20-9-8-17(19(23)24)14(2)11-20/h3-7,10,12,14,17H,8-9,11H2,1-2H3,(H,23,24). The number of hydrogen-bond donors (Lipinski definition) is 1. The SMILES string of the molecule is Cc1ccc(S(=O)(=O)n2ccc(C(=O)N3CCC(C(=O)O)C(C)C3)c2)cc1. The molecule has 0 bridgehead atoms. The zero-order valence-corrected chi connectivity index (χ0v) is 16.0. The van der Waals surface area contributed by atoms with Gasteiger partial charge >= 0.3 is 5.97 Å². The summed E-state index contributed by atoms with van der Waals surface area (Å²) >= 11 is 0. The van der Waals surface area contributed by atoms with Gasteiger partial charge in [0.1, 0.15) is 0 Å². The molecule has 1 aromatic carbocycles. The topological polar surface area (TPSA) is 96.7 Å². The first-order valence-corrected chi connectivity index (χ1v) is 10.2. The van der Waals surface area contributed by atoms with Crippen LogP contribution >= 0.6 is 0 Å². The van der Waals surface area contributed by atoms with Gasteiger partial charge in [-0.1, -0.05) is 24.6 Å². The van der Waals surface area contributed by atoms with Crippen molar-refractivity contribution in [3.8, 4) is 0 Å². The first kappa shape index (κ1) is 19.2. The molecule has 7 nitrogen and oxygen atoms in total. The minimum atomic E-state index is -3.76. The van der Waals surface area contributed by atoms with Gasteiger partial charge in [-0.15, -0.1) is 0 Å². The molecular formula is C19H22N2O5S. The Morgan fingerprint density at radius 3 is 2.41 bits per heavy atom. The number of rotatable bonds is 4. The highest BCUT2D eigenvalue weighted by Gasteiger charge is 2.33. The number of hydrogen-bond acceptors (Lipinski definition) is 4. The highest BCUT2D eigenvalue weighted by molar-refractivity contribution is 7.90. The lowest BCUT2D eigenvalue weighted by atomic mass is 9.87. The lowest BCUT2D eigenvalue weighted by molar-refractivity contribution is -0.145. The molecule has 1 aliphatic heterocycles. The third-order valence-corrected chi connectivity index (χ3v) is 6.67. The molecule has 1 aliphatic rings. The highest BCUT2D eigenvalue weighted by atomic mass is 32.2. The number of carbonyl (C=O) groups excluding carboxylic acids is 1. The van der Waals surface area contributed by atoms with Crippen LogP contribution in [0.2, 0.25) is 0 Å². The number of carbonyl (C=O) groups is 2. The fourth-order valence-corrected chi connectivity index (χ4v) is 4.56. The van der Waals surface area contributed by atoms with Gasteiger partial charge in [0.2, 0.25) is 0 Å². The number of aliphatic carboxylic acids is 1. The minimum Gasteiger partial charge on any atom is -0.481 e. The molecule has 0 radical (unpaired) electrons. The Morgan fingerprint density at radius 1 is 1.15 bits per heavy atom. The molecule has 1 amide bonds. The van der Waals surface area contributed by atoms with E-state index in [4.69, 9.17) is 0 Å². The van der Waals surface area contributed by atoms with Gasteiger partial charge in [0.15, 0.2) is 0 Å². The average molecular weight is 390 g/mol.